The Labute approximate surface area is 196 Å². The minimum absolute atomic E-state index is 0.107. The SMILES string of the molecule is Cn1c(CN2CCC(c3ccc(C(=O)O)cc3)CC2)cc2c(-c3cnc(N)c(F)c3)ccnc21. The number of piperidine rings is 1. The van der Waals surface area contributed by atoms with E-state index in [4.69, 9.17) is 10.8 Å². The predicted octanol–water partition coefficient (Wildman–Crippen LogP) is 4.43. The lowest BCUT2D eigenvalue weighted by atomic mass is 9.89. The van der Waals surface area contributed by atoms with Gasteiger partial charge in [0.15, 0.2) is 11.6 Å². The first-order valence-corrected chi connectivity index (χ1v) is 11.3. The van der Waals surface area contributed by atoms with Crippen LogP contribution in [-0.2, 0) is 13.6 Å². The van der Waals surface area contributed by atoms with Gasteiger partial charge in [0.25, 0.3) is 0 Å². The summed E-state index contributed by atoms with van der Waals surface area (Å²) >= 11 is 0. The van der Waals surface area contributed by atoms with E-state index in [1.165, 1.54) is 11.6 Å². The molecule has 3 N–H and O–H groups in total. The fourth-order valence-corrected chi connectivity index (χ4v) is 4.82. The predicted molar refractivity (Wildman–Crippen MR) is 129 cm³/mol. The maximum atomic E-state index is 14.0. The number of fused-ring (bicyclic) bond motifs is 1. The number of carbonyl (C=O) groups is 1. The second-order valence-corrected chi connectivity index (χ2v) is 8.86. The van der Waals surface area contributed by atoms with Crippen molar-refractivity contribution in [2.75, 3.05) is 18.8 Å². The first kappa shape index (κ1) is 22.0. The van der Waals surface area contributed by atoms with Crippen LogP contribution in [0, 0.1) is 5.82 Å². The van der Waals surface area contributed by atoms with Crippen LogP contribution in [0.2, 0.25) is 0 Å². The van der Waals surface area contributed by atoms with Crippen LogP contribution in [0.25, 0.3) is 22.2 Å². The Morgan fingerprint density at radius 1 is 1.15 bits per heavy atom. The van der Waals surface area contributed by atoms with Crippen LogP contribution in [0.5, 0.6) is 0 Å². The van der Waals surface area contributed by atoms with E-state index in [1.54, 1.807) is 24.5 Å². The van der Waals surface area contributed by atoms with Gasteiger partial charge < -0.3 is 15.4 Å². The molecule has 1 aliphatic rings. The van der Waals surface area contributed by atoms with Gasteiger partial charge >= 0.3 is 5.97 Å². The topological polar surface area (TPSA) is 97.3 Å². The van der Waals surface area contributed by atoms with Crippen molar-refractivity contribution in [1.29, 1.82) is 0 Å². The molecule has 5 rings (SSSR count). The molecular formula is C26H26FN5O2. The largest absolute Gasteiger partial charge is 0.478 e. The van der Waals surface area contributed by atoms with Gasteiger partial charge in [-0.25, -0.2) is 19.2 Å². The second-order valence-electron chi connectivity index (χ2n) is 8.86. The summed E-state index contributed by atoms with van der Waals surface area (Å²) in [5.74, 6) is -1.09. The summed E-state index contributed by atoms with van der Waals surface area (Å²) in [5.41, 5.74) is 10.6. The highest BCUT2D eigenvalue weighted by atomic mass is 19.1. The Hall–Kier alpha value is -3.78. The molecule has 0 saturated carbocycles. The fraction of sp³-hybridized carbons (Fsp3) is 0.269. The number of hydrogen-bond acceptors (Lipinski definition) is 5. The summed E-state index contributed by atoms with van der Waals surface area (Å²) in [6.07, 6.45) is 5.37. The van der Waals surface area contributed by atoms with Gasteiger partial charge in [-0.2, -0.15) is 0 Å². The first-order chi connectivity index (χ1) is 16.4. The van der Waals surface area contributed by atoms with Crippen LogP contribution in [0.15, 0.2) is 54.9 Å². The number of nitrogen functional groups attached to an aromatic ring is 1. The summed E-state index contributed by atoms with van der Waals surface area (Å²) in [6.45, 7) is 2.71. The van der Waals surface area contributed by atoms with Crippen LogP contribution in [0.4, 0.5) is 10.2 Å². The normalized spacial score (nSPS) is 15.1. The molecule has 0 amide bonds. The van der Waals surface area contributed by atoms with Crippen molar-refractivity contribution in [2.24, 2.45) is 7.05 Å². The van der Waals surface area contributed by atoms with Gasteiger partial charge in [-0.15, -0.1) is 0 Å². The molecule has 1 aliphatic heterocycles. The number of anilines is 1. The number of likely N-dealkylation sites (tertiary alicyclic amines) is 1. The van der Waals surface area contributed by atoms with Gasteiger partial charge in [0.1, 0.15) is 5.65 Å². The molecule has 34 heavy (non-hydrogen) atoms. The zero-order valence-electron chi connectivity index (χ0n) is 18.9. The lowest BCUT2D eigenvalue weighted by Gasteiger charge is -2.32. The zero-order chi connectivity index (χ0) is 23.8. The minimum Gasteiger partial charge on any atom is -0.478 e. The standard InChI is InChI=1S/C26H26FN5O2/c1-31-20(13-22-21(6-9-29-25(22)31)19-12-23(27)24(28)30-14-19)15-32-10-7-17(8-11-32)16-2-4-18(5-3-16)26(33)34/h2-6,9,12-14,17H,7-8,10-11,15H2,1H3,(H2,28,30)(H,33,34). The number of aryl methyl sites for hydroxylation is 1. The number of carboxylic acids is 1. The van der Waals surface area contributed by atoms with E-state index in [2.05, 4.69) is 25.5 Å². The zero-order valence-corrected chi connectivity index (χ0v) is 18.9. The summed E-state index contributed by atoms with van der Waals surface area (Å²) in [4.78, 5) is 22.0. The van der Waals surface area contributed by atoms with Crippen LogP contribution in [-0.4, -0.2) is 43.6 Å². The number of rotatable bonds is 5. The van der Waals surface area contributed by atoms with E-state index in [-0.39, 0.29) is 5.82 Å². The molecule has 7 nitrogen and oxygen atoms in total. The fourth-order valence-electron chi connectivity index (χ4n) is 4.82. The highest BCUT2D eigenvalue weighted by Gasteiger charge is 2.22. The Morgan fingerprint density at radius 3 is 2.56 bits per heavy atom. The number of benzene rings is 1. The third-order valence-electron chi connectivity index (χ3n) is 6.81. The average molecular weight is 460 g/mol. The smallest absolute Gasteiger partial charge is 0.335 e. The Bertz CT molecular complexity index is 1360. The van der Waals surface area contributed by atoms with Gasteiger partial charge in [0, 0.05) is 42.6 Å². The molecule has 4 aromatic rings. The second kappa shape index (κ2) is 8.87. The molecule has 1 saturated heterocycles. The third kappa shape index (κ3) is 4.12. The maximum Gasteiger partial charge on any atom is 0.335 e. The highest BCUT2D eigenvalue weighted by Crippen LogP contribution is 2.32. The molecule has 0 atom stereocenters. The van der Waals surface area contributed by atoms with E-state index < -0.39 is 11.8 Å². The van der Waals surface area contributed by atoms with Crippen molar-refractivity contribution in [3.05, 3.63) is 77.5 Å². The number of carboxylic acid groups (broad SMARTS) is 1. The lowest BCUT2D eigenvalue weighted by Crippen LogP contribution is -2.33. The van der Waals surface area contributed by atoms with Crippen LogP contribution in [0.3, 0.4) is 0 Å². The van der Waals surface area contributed by atoms with Gasteiger partial charge in [0.2, 0.25) is 0 Å². The quantitative estimate of drug-likeness (QED) is 0.458. The first-order valence-electron chi connectivity index (χ1n) is 11.3. The summed E-state index contributed by atoms with van der Waals surface area (Å²) in [7, 11) is 2.01. The van der Waals surface area contributed by atoms with E-state index in [0.717, 1.165) is 54.8 Å². The summed E-state index contributed by atoms with van der Waals surface area (Å²) < 4.78 is 16.1. The number of nitrogens with zero attached hydrogens (tertiary/aromatic N) is 4. The minimum atomic E-state index is -0.897. The van der Waals surface area contributed by atoms with E-state index >= 15 is 0 Å². The molecular weight excluding hydrogens is 433 g/mol. The van der Waals surface area contributed by atoms with Gasteiger partial charge in [-0.3, -0.25) is 4.90 Å². The van der Waals surface area contributed by atoms with Crippen molar-refractivity contribution < 1.29 is 14.3 Å². The van der Waals surface area contributed by atoms with Crippen LogP contribution >= 0.6 is 0 Å². The lowest BCUT2D eigenvalue weighted by molar-refractivity contribution is 0.0697. The van der Waals surface area contributed by atoms with E-state index in [1.807, 2.05) is 25.2 Å². The molecule has 1 fully saturated rings. The Kier molecular flexibility index (Phi) is 5.75. The molecule has 0 bridgehead atoms. The van der Waals surface area contributed by atoms with Crippen molar-refractivity contribution >= 4 is 22.8 Å². The number of aromatic carboxylic acids is 1. The molecule has 174 valence electrons. The van der Waals surface area contributed by atoms with Gasteiger partial charge in [-0.1, -0.05) is 12.1 Å². The molecule has 3 aromatic heterocycles. The number of nitrogens with two attached hydrogens (primary N) is 1. The van der Waals surface area contributed by atoms with E-state index in [9.17, 15) is 9.18 Å². The maximum absolute atomic E-state index is 14.0. The molecule has 0 unspecified atom stereocenters. The Morgan fingerprint density at radius 2 is 1.88 bits per heavy atom. The molecule has 4 heterocycles. The van der Waals surface area contributed by atoms with Gasteiger partial charge in [-0.05, 0) is 73.3 Å². The number of halogens is 1. The number of pyridine rings is 2. The van der Waals surface area contributed by atoms with Crippen molar-refractivity contribution in [3.8, 4) is 11.1 Å². The highest BCUT2D eigenvalue weighted by molar-refractivity contribution is 5.93. The monoisotopic (exact) mass is 459 g/mol. The molecule has 1 aromatic carbocycles. The number of aromatic nitrogens is 3. The molecule has 8 heteroatoms. The van der Waals surface area contributed by atoms with E-state index in [0.29, 0.717) is 17.0 Å². The van der Waals surface area contributed by atoms with Crippen molar-refractivity contribution in [2.45, 2.75) is 25.3 Å². The van der Waals surface area contributed by atoms with Crippen LogP contribution in [0.1, 0.15) is 40.4 Å². The number of hydrogen-bond donors (Lipinski definition) is 2. The third-order valence-corrected chi connectivity index (χ3v) is 6.81. The molecule has 0 aliphatic carbocycles. The van der Waals surface area contributed by atoms with Gasteiger partial charge in [0.05, 0.1) is 5.56 Å². The Balaban J connectivity index is 1.32. The van der Waals surface area contributed by atoms with Crippen LogP contribution < -0.4 is 5.73 Å². The average Bonchev–Trinajstić information content (AvgIpc) is 3.16. The summed E-state index contributed by atoms with van der Waals surface area (Å²) in [6, 6.07) is 12.7. The molecule has 0 spiro atoms. The summed E-state index contributed by atoms with van der Waals surface area (Å²) in [5, 5.41) is 10.1. The van der Waals surface area contributed by atoms with Crippen molar-refractivity contribution in [3.63, 3.8) is 0 Å². The van der Waals surface area contributed by atoms with Crippen molar-refractivity contribution in [1.82, 2.24) is 19.4 Å². The molecule has 0 radical (unpaired) electrons.